The number of carbonyl (C=O) groups excluding carboxylic acids is 1. The lowest BCUT2D eigenvalue weighted by molar-refractivity contribution is 0.0955. The molecule has 160 valence electrons. The molecule has 0 saturated heterocycles. The van der Waals surface area contributed by atoms with Crippen molar-refractivity contribution in [3.8, 4) is 11.5 Å². The first-order valence-corrected chi connectivity index (χ1v) is 10.3. The third-order valence-corrected chi connectivity index (χ3v) is 4.87. The van der Waals surface area contributed by atoms with E-state index >= 15 is 0 Å². The van der Waals surface area contributed by atoms with Gasteiger partial charge in [0.2, 0.25) is 0 Å². The Hall–Kier alpha value is -4.19. The zero-order valence-electron chi connectivity index (χ0n) is 18.0. The summed E-state index contributed by atoms with van der Waals surface area (Å²) in [5, 5.41) is 8.55. The molecule has 0 spiro atoms. The maximum absolute atomic E-state index is 12.4. The summed E-state index contributed by atoms with van der Waals surface area (Å²) in [6.45, 7) is 4.68. The molecule has 0 saturated carbocycles. The van der Waals surface area contributed by atoms with Crippen LogP contribution in [0, 0.1) is 13.8 Å². The lowest BCUT2D eigenvalue weighted by atomic mass is 10.1. The Kier molecular flexibility index (Phi) is 6.41. The van der Waals surface area contributed by atoms with Gasteiger partial charge in [0.25, 0.3) is 5.91 Å². The smallest absolute Gasteiger partial charge is 0.271 e. The molecule has 1 heterocycles. The first kappa shape index (κ1) is 21.1. The zero-order valence-corrected chi connectivity index (χ0v) is 18.0. The maximum Gasteiger partial charge on any atom is 0.271 e. The molecule has 0 aliphatic heterocycles. The van der Waals surface area contributed by atoms with Crippen molar-refractivity contribution < 1.29 is 9.53 Å². The van der Waals surface area contributed by atoms with Crippen molar-refractivity contribution in [2.75, 3.05) is 0 Å². The molecule has 32 heavy (non-hydrogen) atoms. The summed E-state index contributed by atoms with van der Waals surface area (Å²) < 4.78 is 7.77. The molecule has 0 aliphatic carbocycles. The van der Waals surface area contributed by atoms with Crippen molar-refractivity contribution >= 4 is 12.1 Å². The third kappa shape index (κ3) is 5.49. The molecule has 0 aliphatic rings. The van der Waals surface area contributed by atoms with E-state index in [9.17, 15) is 4.79 Å². The van der Waals surface area contributed by atoms with Crippen LogP contribution in [0.2, 0.25) is 0 Å². The minimum absolute atomic E-state index is 0.268. The summed E-state index contributed by atoms with van der Waals surface area (Å²) in [6, 6.07) is 26.5. The maximum atomic E-state index is 12.4. The minimum atomic E-state index is -0.268. The lowest BCUT2D eigenvalue weighted by Gasteiger charge is -2.06. The van der Waals surface area contributed by atoms with Crippen LogP contribution >= 0.6 is 0 Å². The first-order valence-electron chi connectivity index (χ1n) is 10.3. The van der Waals surface area contributed by atoms with E-state index in [0.717, 1.165) is 28.3 Å². The van der Waals surface area contributed by atoms with Crippen molar-refractivity contribution in [2.45, 2.75) is 20.4 Å². The van der Waals surface area contributed by atoms with Crippen LogP contribution in [0.3, 0.4) is 0 Å². The Morgan fingerprint density at radius 1 is 0.969 bits per heavy atom. The molecule has 0 unspecified atom stereocenters. The SMILES string of the molecule is Cc1cc(C)n(Cc2ccc(C(=O)N/N=C\c3cccc(Oc4ccccc4)c3)cc2)n1. The zero-order chi connectivity index (χ0) is 22.3. The molecular formula is C26H24N4O2. The topological polar surface area (TPSA) is 68.5 Å². The van der Waals surface area contributed by atoms with E-state index in [4.69, 9.17) is 4.74 Å². The van der Waals surface area contributed by atoms with Crippen LogP contribution in [0.4, 0.5) is 0 Å². The van der Waals surface area contributed by atoms with Gasteiger partial charge in [0.05, 0.1) is 18.5 Å². The fourth-order valence-corrected chi connectivity index (χ4v) is 3.28. The first-order chi connectivity index (χ1) is 15.6. The number of aromatic nitrogens is 2. The molecule has 0 fully saturated rings. The molecule has 0 radical (unpaired) electrons. The highest BCUT2D eigenvalue weighted by molar-refractivity contribution is 5.94. The molecule has 1 aromatic heterocycles. The van der Waals surface area contributed by atoms with Gasteiger partial charge < -0.3 is 4.74 Å². The number of para-hydroxylation sites is 1. The predicted octanol–water partition coefficient (Wildman–Crippen LogP) is 5.10. The summed E-state index contributed by atoms with van der Waals surface area (Å²) in [4.78, 5) is 12.4. The summed E-state index contributed by atoms with van der Waals surface area (Å²) in [7, 11) is 0. The number of hydrazone groups is 1. The van der Waals surface area contributed by atoms with Crippen LogP contribution in [-0.4, -0.2) is 21.9 Å². The van der Waals surface area contributed by atoms with Gasteiger partial charge in [-0.2, -0.15) is 10.2 Å². The van der Waals surface area contributed by atoms with Gasteiger partial charge >= 0.3 is 0 Å². The molecule has 6 nitrogen and oxygen atoms in total. The van der Waals surface area contributed by atoms with Gasteiger partial charge in [-0.05, 0) is 67.4 Å². The molecule has 0 atom stereocenters. The van der Waals surface area contributed by atoms with Gasteiger partial charge in [-0.3, -0.25) is 9.48 Å². The van der Waals surface area contributed by atoms with Gasteiger partial charge in [0, 0.05) is 11.3 Å². The fraction of sp³-hybridized carbons (Fsp3) is 0.115. The largest absolute Gasteiger partial charge is 0.457 e. The average molecular weight is 425 g/mol. The van der Waals surface area contributed by atoms with E-state index in [1.807, 2.05) is 91.3 Å². The van der Waals surface area contributed by atoms with Gasteiger partial charge in [-0.25, -0.2) is 5.43 Å². The number of nitrogens with one attached hydrogen (secondary N) is 1. The van der Waals surface area contributed by atoms with E-state index in [1.165, 1.54) is 0 Å². The van der Waals surface area contributed by atoms with Crippen LogP contribution in [0.5, 0.6) is 11.5 Å². The number of aryl methyl sites for hydroxylation is 2. The van der Waals surface area contributed by atoms with Crippen molar-refractivity contribution in [3.05, 3.63) is 113 Å². The van der Waals surface area contributed by atoms with Crippen molar-refractivity contribution in [1.29, 1.82) is 0 Å². The second kappa shape index (κ2) is 9.75. The normalized spacial score (nSPS) is 10.9. The Labute approximate surface area is 187 Å². The summed E-state index contributed by atoms with van der Waals surface area (Å²) in [5.41, 5.74) is 7.11. The summed E-state index contributed by atoms with van der Waals surface area (Å²) in [6.07, 6.45) is 1.59. The second-order valence-corrected chi connectivity index (χ2v) is 7.47. The highest BCUT2D eigenvalue weighted by atomic mass is 16.5. The Balaban J connectivity index is 1.34. The van der Waals surface area contributed by atoms with Crippen molar-refractivity contribution in [3.63, 3.8) is 0 Å². The standard InChI is InChI=1S/C26H24N4O2/c1-19-15-20(2)30(29-19)18-21-11-13-23(14-12-21)26(31)28-27-17-22-7-6-10-25(16-22)32-24-8-4-3-5-9-24/h3-17H,18H2,1-2H3,(H,28,31)/b27-17-. The minimum Gasteiger partial charge on any atom is -0.457 e. The molecule has 3 aromatic carbocycles. The van der Waals surface area contributed by atoms with Gasteiger partial charge in [-0.15, -0.1) is 0 Å². The molecule has 4 rings (SSSR count). The number of nitrogens with zero attached hydrogens (tertiary/aromatic N) is 3. The number of hydrogen-bond acceptors (Lipinski definition) is 4. The lowest BCUT2D eigenvalue weighted by Crippen LogP contribution is -2.17. The fourth-order valence-electron chi connectivity index (χ4n) is 3.28. The third-order valence-electron chi connectivity index (χ3n) is 4.87. The molecular weight excluding hydrogens is 400 g/mol. The average Bonchev–Trinajstić information content (AvgIpc) is 3.11. The molecule has 0 bridgehead atoms. The van der Waals surface area contributed by atoms with Crippen LogP contribution < -0.4 is 10.2 Å². The number of rotatable bonds is 7. The summed E-state index contributed by atoms with van der Waals surface area (Å²) in [5.74, 6) is 1.19. The number of benzene rings is 3. The van der Waals surface area contributed by atoms with E-state index in [2.05, 4.69) is 15.6 Å². The Bertz CT molecular complexity index is 1230. The highest BCUT2D eigenvalue weighted by Crippen LogP contribution is 2.21. The predicted molar refractivity (Wildman–Crippen MR) is 125 cm³/mol. The Morgan fingerprint density at radius 2 is 1.72 bits per heavy atom. The van der Waals surface area contributed by atoms with Crippen molar-refractivity contribution in [2.24, 2.45) is 5.10 Å². The van der Waals surface area contributed by atoms with E-state index in [1.54, 1.807) is 18.3 Å². The van der Waals surface area contributed by atoms with Gasteiger partial charge in [-0.1, -0.05) is 42.5 Å². The van der Waals surface area contributed by atoms with Crippen LogP contribution in [0.1, 0.15) is 32.9 Å². The molecule has 1 amide bonds. The van der Waals surface area contributed by atoms with E-state index in [-0.39, 0.29) is 5.91 Å². The van der Waals surface area contributed by atoms with Crippen LogP contribution in [-0.2, 0) is 6.54 Å². The van der Waals surface area contributed by atoms with E-state index in [0.29, 0.717) is 17.9 Å². The number of carbonyl (C=O) groups is 1. The monoisotopic (exact) mass is 424 g/mol. The highest BCUT2D eigenvalue weighted by Gasteiger charge is 2.06. The van der Waals surface area contributed by atoms with Gasteiger partial charge in [0.1, 0.15) is 11.5 Å². The number of hydrogen-bond donors (Lipinski definition) is 1. The number of ether oxygens (including phenoxy) is 1. The summed E-state index contributed by atoms with van der Waals surface area (Å²) >= 11 is 0. The van der Waals surface area contributed by atoms with Crippen LogP contribution in [0.25, 0.3) is 0 Å². The van der Waals surface area contributed by atoms with Gasteiger partial charge in [0.15, 0.2) is 0 Å². The molecule has 1 N–H and O–H groups in total. The van der Waals surface area contributed by atoms with E-state index < -0.39 is 0 Å². The number of amides is 1. The molecule has 6 heteroatoms. The quantitative estimate of drug-likeness (QED) is 0.331. The van der Waals surface area contributed by atoms with Crippen molar-refractivity contribution in [1.82, 2.24) is 15.2 Å². The van der Waals surface area contributed by atoms with Crippen LogP contribution in [0.15, 0.2) is 90.0 Å². The Morgan fingerprint density at radius 3 is 2.44 bits per heavy atom. The molecule has 4 aromatic rings. The second-order valence-electron chi connectivity index (χ2n) is 7.47.